The lowest BCUT2D eigenvalue weighted by Crippen LogP contribution is -2.32. The van der Waals surface area contributed by atoms with Crippen LogP contribution in [-0.4, -0.2) is 44.6 Å². The molecule has 5 rings (SSSR count). The molecule has 0 unspecified atom stereocenters. The van der Waals surface area contributed by atoms with Crippen molar-refractivity contribution in [3.63, 3.8) is 0 Å². The Morgan fingerprint density at radius 3 is 1.44 bits per heavy atom. The molecule has 2 N–H and O–H groups in total. The lowest BCUT2D eigenvalue weighted by Gasteiger charge is -2.31. The maximum Gasteiger partial charge on any atom is 0.254 e. The Bertz CT molecular complexity index is 1990. The fraction of sp³-hybridized carbons (Fsp3) is 0.636. The van der Waals surface area contributed by atoms with Crippen LogP contribution in [0.25, 0.3) is 0 Å². The molecule has 4 aromatic rings. The summed E-state index contributed by atoms with van der Waals surface area (Å²) in [5.74, 6) is 4.07. The SMILES string of the molecule is C.CC.CC.CC(C)C1CCN(C)CC1.Cc1c(C)n(C)c(C)c(C(C)C)c1=O.Cc1cc(C)c(C(C)C)c(=O)[nH]1.Cc1ccccc1C(C)C.Cc1nc(C)c(C(C)C)c(=O)[nH]1. The summed E-state index contributed by atoms with van der Waals surface area (Å²) in [4.78, 5) is 47.0. The molecule has 360 valence electrons. The normalized spacial score (nSPS) is 12.2. The Balaban J connectivity index is -0.000000700. The van der Waals surface area contributed by atoms with E-state index in [1.807, 2.05) is 110 Å². The summed E-state index contributed by atoms with van der Waals surface area (Å²) in [5.41, 5.74) is 11.7. The van der Waals surface area contributed by atoms with E-state index in [-0.39, 0.29) is 29.9 Å². The minimum atomic E-state index is -0.00463. The zero-order chi connectivity index (χ0) is 48.8. The highest BCUT2D eigenvalue weighted by Crippen LogP contribution is 2.23. The summed E-state index contributed by atoms with van der Waals surface area (Å²) < 4.78 is 2.10. The largest absolute Gasteiger partial charge is 0.351 e. The highest BCUT2D eigenvalue weighted by molar-refractivity contribution is 5.32. The smallest absolute Gasteiger partial charge is 0.254 e. The highest BCUT2D eigenvalue weighted by atomic mass is 16.1. The number of nitrogens with one attached hydrogen (secondary N) is 2. The van der Waals surface area contributed by atoms with Crippen LogP contribution >= 0.6 is 0 Å². The van der Waals surface area contributed by atoms with E-state index >= 15 is 0 Å². The highest BCUT2D eigenvalue weighted by Gasteiger charge is 2.19. The number of piperidine rings is 1. The second-order valence-electron chi connectivity index (χ2n) is 18.0. The van der Waals surface area contributed by atoms with Gasteiger partial charge in [0.15, 0.2) is 5.43 Å². The van der Waals surface area contributed by atoms with Gasteiger partial charge < -0.3 is 19.4 Å². The van der Waals surface area contributed by atoms with Gasteiger partial charge in [-0.25, -0.2) is 4.98 Å². The molecule has 8 nitrogen and oxygen atoms in total. The lowest BCUT2D eigenvalue weighted by molar-refractivity contribution is 0.185. The Labute approximate surface area is 387 Å². The van der Waals surface area contributed by atoms with Crippen LogP contribution in [0.3, 0.4) is 0 Å². The maximum atomic E-state index is 12.0. The van der Waals surface area contributed by atoms with Gasteiger partial charge in [-0.05, 0) is 147 Å². The van der Waals surface area contributed by atoms with Crippen molar-refractivity contribution in [2.24, 2.45) is 18.9 Å². The minimum Gasteiger partial charge on any atom is -0.351 e. The number of benzene rings is 1. The molecule has 0 radical (unpaired) electrons. The Morgan fingerprint density at radius 2 is 1.06 bits per heavy atom. The van der Waals surface area contributed by atoms with Crippen molar-refractivity contribution in [2.75, 3.05) is 20.1 Å². The summed E-state index contributed by atoms with van der Waals surface area (Å²) in [6, 6.07) is 10.6. The molecule has 1 saturated heterocycles. The Kier molecular flexibility index (Phi) is 31.9. The van der Waals surface area contributed by atoms with E-state index in [1.165, 1.54) is 37.1 Å². The van der Waals surface area contributed by atoms with Crippen molar-refractivity contribution in [2.45, 2.75) is 196 Å². The molecule has 0 spiro atoms. The fourth-order valence-electron chi connectivity index (χ4n) is 7.82. The Hall–Kier alpha value is -4.04. The van der Waals surface area contributed by atoms with E-state index < -0.39 is 0 Å². The van der Waals surface area contributed by atoms with Crippen LogP contribution in [-0.2, 0) is 7.05 Å². The van der Waals surface area contributed by atoms with Crippen LogP contribution in [0, 0.1) is 67.2 Å². The van der Waals surface area contributed by atoms with E-state index in [0.29, 0.717) is 23.6 Å². The van der Waals surface area contributed by atoms with Crippen LogP contribution in [0.1, 0.15) is 208 Å². The summed E-state index contributed by atoms with van der Waals surface area (Å²) in [5, 5.41) is 0. The number of hydrogen-bond donors (Lipinski definition) is 2. The number of pyridine rings is 2. The molecule has 0 aliphatic carbocycles. The van der Waals surface area contributed by atoms with Gasteiger partial charge in [-0.1, -0.05) is 129 Å². The first-order valence-corrected chi connectivity index (χ1v) is 23.5. The fourth-order valence-corrected chi connectivity index (χ4v) is 7.82. The van der Waals surface area contributed by atoms with Gasteiger partial charge in [0.25, 0.3) is 11.1 Å². The molecular weight excluding hydrogens is 779 g/mol. The molecule has 1 fully saturated rings. The third kappa shape index (κ3) is 21.0. The zero-order valence-corrected chi connectivity index (χ0v) is 44.2. The number of likely N-dealkylation sites (tertiary alicyclic amines) is 1. The molecule has 3 aromatic heterocycles. The first-order valence-electron chi connectivity index (χ1n) is 23.5. The van der Waals surface area contributed by atoms with E-state index in [9.17, 15) is 14.4 Å². The number of rotatable bonds is 5. The standard InChI is InChI=1S/C12H19NO.C10H15NO.C10H14.C9H14N2O.C9H19N.2C2H6.CH4/c1-7(2)11-10(5)13(6)9(4)8(3)12(11)14;1-6(2)9-7(3)5-8(4)11-10(9)12;1-8(2)10-7-5-4-6-9(10)3;1-5(2)8-6(3)10-7(4)11-9(8)12;1-8(2)9-4-6-10(3)7-5-9;2*1-2;/h7H,1-6H3;5-6H,1-4H3,(H,11,12);4-8H,1-3H3;5H,1-4H3,(H,10,11,12);8-9H,4-7H2,1-3H3;2*1-2H3;1H4. The molecule has 0 amide bonds. The van der Waals surface area contributed by atoms with Crippen LogP contribution in [0.2, 0.25) is 0 Å². The number of aromatic nitrogens is 4. The van der Waals surface area contributed by atoms with E-state index in [4.69, 9.17) is 0 Å². The predicted octanol–water partition coefficient (Wildman–Crippen LogP) is 13.9. The molecule has 8 heteroatoms. The molecule has 0 atom stereocenters. The zero-order valence-electron chi connectivity index (χ0n) is 44.2. The summed E-state index contributed by atoms with van der Waals surface area (Å²) in [7, 11) is 4.24. The first-order chi connectivity index (χ1) is 28.8. The second-order valence-corrected chi connectivity index (χ2v) is 18.0. The van der Waals surface area contributed by atoms with E-state index in [1.54, 1.807) is 6.92 Å². The molecule has 0 bridgehead atoms. The molecule has 1 aliphatic heterocycles. The number of aromatic amines is 2. The third-order valence-electron chi connectivity index (χ3n) is 11.4. The van der Waals surface area contributed by atoms with Gasteiger partial charge in [0.1, 0.15) is 5.82 Å². The predicted molar refractivity (Wildman–Crippen MR) is 279 cm³/mol. The van der Waals surface area contributed by atoms with Gasteiger partial charge in [-0.2, -0.15) is 0 Å². The maximum absolute atomic E-state index is 12.0. The van der Waals surface area contributed by atoms with Crippen LogP contribution < -0.4 is 16.5 Å². The molecule has 1 aromatic carbocycles. The lowest BCUT2D eigenvalue weighted by atomic mass is 9.87. The average Bonchev–Trinajstić information content (AvgIpc) is 3.18. The van der Waals surface area contributed by atoms with Crippen LogP contribution in [0.15, 0.2) is 44.7 Å². The molecular formula is C55H97N5O3. The average molecular weight is 876 g/mol. The van der Waals surface area contributed by atoms with Crippen molar-refractivity contribution < 1.29 is 0 Å². The molecule has 0 saturated carbocycles. The number of nitrogens with zero attached hydrogens (tertiary/aromatic N) is 3. The molecule has 63 heavy (non-hydrogen) atoms. The summed E-state index contributed by atoms with van der Waals surface area (Å²) in [6.07, 6.45) is 2.82. The number of H-pyrrole nitrogens is 2. The third-order valence-corrected chi connectivity index (χ3v) is 11.4. The van der Waals surface area contributed by atoms with Gasteiger partial charge in [0.05, 0.1) is 0 Å². The first kappa shape index (κ1) is 63.2. The summed E-state index contributed by atoms with van der Waals surface area (Å²) in [6.45, 7) is 47.6. The van der Waals surface area contributed by atoms with Crippen LogP contribution in [0.4, 0.5) is 0 Å². The van der Waals surface area contributed by atoms with Gasteiger partial charge in [0.2, 0.25) is 0 Å². The quantitative estimate of drug-likeness (QED) is 0.208. The molecule has 4 heterocycles. The van der Waals surface area contributed by atoms with Crippen molar-refractivity contribution in [3.8, 4) is 0 Å². The number of aryl methyl sites for hydroxylation is 5. The van der Waals surface area contributed by atoms with Gasteiger partial charge >= 0.3 is 0 Å². The van der Waals surface area contributed by atoms with Gasteiger partial charge in [-0.15, -0.1) is 0 Å². The van der Waals surface area contributed by atoms with Crippen molar-refractivity contribution in [1.29, 1.82) is 0 Å². The topological polar surface area (TPSA) is 104 Å². The minimum absolute atomic E-state index is 0. The molecule has 1 aliphatic rings. The van der Waals surface area contributed by atoms with Crippen molar-refractivity contribution in [1.82, 2.24) is 24.4 Å². The Morgan fingerprint density at radius 1 is 0.603 bits per heavy atom. The van der Waals surface area contributed by atoms with Crippen molar-refractivity contribution >= 4 is 0 Å². The van der Waals surface area contributed by atoms with Gasteiger partial charge in [0, 0.05) is 52.1 Å². The van der Waals surface area contributed by atoms with E-state index in [2.05, 4.69) is 104 Å². The summed E-state index contributed by atoms with van der Waals surface area (Å²) >= 11 is 0. The van der Waals surface area contributed by atoms with Crippen molar-refractivity contribution in [3.05, 3.63) is 129 Å². The second kappa shape index (κ2) is 31.7. The van der Waals surface area contributed by atoms with Gasteiger partial charge in [-0.3, -0.25) is 14.4 Å². The van der Waals surface area contributed by atoms with E-state index in [0.717, 1.165) is 62.4 Å². The number of hydrogen-bond acceptors (Lipinski definition) is 5. The van der Waals surface area contributed by atoms with Crippen LogP contribution in [0.5, 0.6) is 0 Å². The monoisotopic (exact) mass is 876 g/mol.